The van der Waals surface area contributed by atoms with Crippen molar-refractivity contribution in [2.24, 2.45) is 5.92 Å². The van der Waals surface area contributed by atoms with Gasteiger partial charge in [-0.1, -0.05) is 66.5 Å². The number of pyridine rings is 1. The minimum Gasteiger partial charge on any atom is -0.389 e. The summed E-state index contributed by atoms with van der Waals surface area (Å²) in [5.74, 6) is -2.19. The summed E-state index contributed by atoms with van der Waals surface area (Å²) in [6, 6.07) is 14.3. The second-order valence-corrected chi connectivity index (χ2v) is 11.8. The normalized spacial score (nSPS) is 20.6. The quantitative estimate of drug-likeness (QED) is 0.308. The molecule has 2 aliphatic heterocycles. The van der Waals surface area contributed by atoms with Gasteiger partial charge in [-0.25, -0.2) is 4.79 Å². The summed E-state index contributed by atoms with van der Waals surface area (Å²) in [6.07, 6.45) is 0.929. The number of aromatic nitrogens is 1. The minimum atomic E-state index is -1.06. The number of ether oxygens (including phenoxy) is 1. The number of aliphatic hydroxyl groups is 1. The van der Waals surface area contributed by atoms with Crippen LogP contribution in [0.15, 0.2) is 48.5 Å². The number of imide groups is 1. The SMILES string of the molecule is CCc1nc(-c2cccc(-c3cccc(NC(=O)C4CN(C)C(=O)N(C)C4=O)c3Cl)c2Cl)ccc1CN[C@@H]1CCOC[C@@H]1O. The van der Waals surface area contributed by atoms with E-state index in [1.807, 2.05) is 37.3 Å². The molecular formula is C32H35Cl2N5O5. The smallest absolute Gasteiger partial charge is 0.326 e. The van der Waals surface area contributed by atoms with Crippen LogP contribution in [0.3, 0.4) is 0 Å². The molecule has 3 N–H and O–H groups in total. The second kappa shape index (κ2) is 13.6. The van der Waals surface area contributed by atoms with E-state index in [9.17, 15) is 19.5 Å². The molecule has 0 bridgehead atoms. The van der Waals surface area contributed by atoms with E-state index in [0.717, 1.165) is 34.6 Å². The number of carbonyl (C=O) groups is 3. The van der Waals surface area contributed by atoms with Crippen LogP contribution in [-0.2, 0) is 27.3 Å². The number of nitrogens with zero attached hydrogens (tertiary/aromatic N) is 3. The highest BCUT2D eigenvalue weighted by atomic mass is 35.5. The molecule has 4 amide bonds. The van der Waals surface area contributed by atoms with Crippen LogP contribution >= 0.6 is 23.2 Å². The van der Waals surface area contributed by atoms with Crippen LogP contribution in [0.2, 0.25) is 10.0 Å². The summed E-state index contributed by atoms with van der Waals surface area (Å²) in [4.78, 5) is 45.0. The molecule has 0 saturated carbocycles. The van der Waals surface area contributed by atoms with Crippen molar-refractivity contribution >= 4 is 46.7 Å². The summed E-state index contributed by atoms with van der Waals surface area (Å²) in [5, 5.41) is 17.1. The van der Waals surface area contributed by atoms with Gasteiger partial charge in [0.15, 0.2) is 0 Å². The molecule has 12 heteroatoms. The molecule has 1 unspecified atom stereocenters. The van der Waals surface area contributed by atoms with Crippen molar-refractivity contribution in [1.29, 1.82) is 0 Å². The van der Waals surface area contributed by atoms with Crippen LogP contribution in [0.4, 0.5) is 10.5 Å². The number of nitrogens with one attached hydrogen (secondary N) is 2. The maximum absolute atomic E-state index is 13.1. The van der Waals surface area contributed by atoms with Crippen LogP contribution in [0.1, 0.15) is 24.6 Å². The zero-order valence-electron chi connectivity index (χ0n) is 24.8. The van der Waals surface area contributed by atoms with Gasteiger partial charge in [0.05, 0.1) is 34.1 Å². The number of rotatable bonds is 8. The average Bonchev–Trinajstić information content (AvgIpc) is 3.02. The minimum absolute atomic E-state index is 0.0282. The third-order valence-corrected chi connectivity index (χ3v) is 8.94. The summed E-state index contributed by atoms with van der Waals surface area (Å²) < 4.78 is 5.33. The van der Waals surface area contributed by atoms with E-state index in [-0.39, 0.29) is 17.6 Å². The predicted molar refractivity (Wildman–Crippen MR) is 169 cm³/mol. The van der Waals surface area contributed by atoms with Gasteiger partial charge in [-0.05, 0) is 30.5 Å². The molecule has 3 atom stereocenters. The topological polar surface area (TPSA) is 124 Å². The molecule has 0 spiro atoms. The lowest BCUT2D eigenvalue weighted by Gasteiger charge is -2.33. The Morgan fingerprint density at radius 1 is 1.05 bits per heavy atom. The Hall–Kier alpha value is -3.54. The van der Waals surface area contributed by atoms with Crippen LogP contribution in [-0.4, -0.2) is 83.7 Å². The highest BCUT2D eigenvalue weighted by Crippen LogP contribution is 2.41. The first-order chi connectivity index (χ1) is 21.1. The molecule has 0 radical (unpaired) electrons. The highest BCUT2D eigenvalue weighted by Gasteiger charge is 2.39. The lowest BCUT2D eigenvalue weighted by Crippen LogP contribution is -2.56. The van der Waals surface area contributed by atoms with Crippen molar-refractivity contribution < 1.29 is 24.2 Å². The van der Waals surface area contributed by atoms with E-state index in [1.54, 1.807) is 18.2 Å². The zero-order valence-corrected chi connectivity index (χ0v) is 26.3. The van der Waals surface area contributed by atoms with Gasteiger partial charge in [0.1, 0.15) is 5.92 Å². The largest absolute Gasteiger partial charge is 0.389 e. The second-order valence-electron chi connectivity index (χ2n) is 11.0. The molecular weight excluding hydrogens is 605 g/mol. The molecule has 3 aromatic rings. The Morgan fingerprint density at radius 2 is 1.75 bits per heavy atom. The molecule has 10 nitrogen and oxygen atoms in total. The molecule has 2 fully saturated rings. The predicted octanol–water partition coefficient (Wildman–Crippen LogP) is 4.60. The van der Waals surface area contributed by atoms with Crippen molar-refractivity contribution in [3.05, 3.63) is 69.8 Å². The first-order valence-corrected chi connectivity index (χ1v) is 15.3. The fraction of sp³-hybridized carbons (Fsp3) is 0.375. The van der Waals surface area contributed by atoms with E-state index < -0.39 is 29.9 Å². The van der Waals surface area contributed by atoms with E-state index in [1.165, 1.54) is 19.0 Å². The van der Waals surface area contributed by atoms with E-state index in [2.05, 4.69) is 10.6 Å². The summed E-state index contributed by atoms with van der Waals surface area (Å²) in [5.41, 5.74) is 4.99. The number of carbonyl (C=O) groups excluding carboxylic acids is 3. The van der Waals surface area contributed by atoms with Crippen molar-refractivity contribution in [2.45, 2.75) is 38.5 Å². The zero-order chi connectivity index (χ0) is 31.5. The molecule has 232 valence electrons. The lowest BCUT2D eigenvalue weighted by atomic mass is 9.99. The Labute approximate surface area is 266 Å². The molecule has 44 heavy (non-hydrogen) atoms. The number of halogens is 2. The van der Waals surface area contributed by atoms with E-state index >= 15 is 0 Å². The summed E-state index contributed by atoms with van der Waals surface area (Å²) >= 11 is 13.8. The number of aryl methyl sites for hydroxylation is 1. The number of hydrogen-bond donors (Lipinski definition) is 3. The van der Waals surface area contributed by atoms with Gasteiger partial charge >= 0.3 is 6.03 Å². The van der Waals surface area contributed by atoms with Crippen molar-refractivity contribution in [3.8, 4) is 22.4 Å². The van der Waals surface area contributed by atoms with Gasteiger partial charge in [0.25, 0.3) is 0 Å². The fourth-order valence-electron chi connectivity index (χ4n) is 5.55. The summed E-state index contributed by atoms with van der Waals surface area (Å²) in [6.45, 7) is 3.55. The lowest BCUT2D eigenvalue weighted by molar-refractivity contribution is -0.140. The third-order valence-electron chi connectivity index (χ3n) is 8.12. The maximum Gasteiger partial charge on any atom is 0.326 e. The van der Waals surface area contributed by atoms with Gasteiger partial charge in [-0.15, -0.1) is 0 Å². The van der Waals surface area contributed by atoms with Gasteiger partial charge in [-0.2, -0.15) is 0 Å². The fourth-order valence-corrected chi connectivity index (χ4v) is 6.15. The van der Waals surface area contributed by atoms with Crippen LogP contribution in [0.5, 0.6) is 0 Å². The first kappa shape index (κ1) is 31.9. The first-order valence-electron chi connectivity index (χ1n) is 14.5. The Morgan fingerprint density at radius 3 is 2.48 bits per heavy atom. The molecule has 2 aromatic carbocycles. The molecule has 2 saturated heterocycles. The van der Waals surface area contributed by atoms with Crippen molar-refractivity contribution in [2.75, 3.05) is 39.2 Å². The summed E-state index contributed by atoms with van der Waals surface area (Å²) in [7, 11) is 2.89. The van der Waals surface area contributed by atoms with Crippen LogP contribution in [0.25, 0.3) is 22.4 Å². The molecule has 0 aliphatic carbocycles. The number of anilines is 1. The van der Waals surface area contributed by atoms with Gasteiger partial charge in [0, 0.05) is 62.2 Å². The average molecular weight is 641 g/mol. The highest BCUT2D eigenvalue weighted by molar-refractivity contribution is 6.39. The van der Waals surface area contributed by atoms with Crippen molar-refractivity contribution in [1.82, 2.24) is 20.1 Å². The number of hydrogen-bond acceptors (Lipinski definition) is 7. The van der Waals surface area contributed by atoms with Gasteiger partial charge < -0.3 is 25.4 Å². The van der Waals surface area contributed by atoms with Crippen molar-refractivity contribution in [3.63, 3.8) is 0 Å². The Bertz CT molecular complexity index is 1580. The van der Waals surface area contributed by atoms with Gasteiger partial charge in [-0.3, -0.25) is 19.5 Å². The van der Waals surface area contributed by atoms with Crippen LogP contribution in [0, 0.1) is 5.92 Å². The Kier molecular flexibility index (Phi) is 9.87. The number of urea groups is 1. The molecule has 2 aliphatic rings. The maximum atomic E-state index is 13.1. The van der Waals surface area contributed by atoms with E-state index in [4.69, 9.17) is 32.9 Å². The monoisotopic (exact) mass is 639 g/mol. The number of aliphatic hydroxyl groups excluding tert-OH is 1. The van der Waals surface area contributed by atoms with Crippen LogP contribution < -0.4 is 10.6 Å². The van der Waals surface area contributed by atoms with E-state index in [0.29, 0.717) is 47.3 Å². The number of benzene rings is 2. The number of amides is 4. The molecule has 1 aromatic heterocycles. The molecule has 5 rings (SSSR count). The third kappa shape index (κ3) is 6.45. The molecule has 3 heterocycles. The standard InChI is InChI=1S/C32H35Cl2N5O5/c1-4-23-18(15-35-25-13-14-44-17-27(25)40)11-12-24(36-23)21-9-5-7-19(28(21)33)20-8-6-10-26(29(20)34)37-30(41)22-16-38(2)32(43)39(3)31(22)42/h5-12,22,25,27,35,40H,4,13-17H2,1-3H3,(H,37,41)/t22?,25-,27+/m1/s1. The van der Waals surface area contributed by atoms with Gasteiger partial charge in [0.2, 0.25) is 11.8 Å². The Balaban J connectivity index is 1.38.